The first-order valence-electron chi connectivity index (χ1n) is 9.24. The molecule has 0 saturated heterocycles. The van der Waals surface area contributed by atoms with E-state index >= 15 is 0 Å². The van der Waals surface area contributed by atoms with Gasteiger partial charge in [-0.15, -0.1) is 0 Å². The summed E-state index contributed by atoms with van der Waals surface area (Å²) in [5.41, 5.74) is 6.99. The normalized spacial score (nSPS) is 12.8. The lowest BCUT2D eigenvalue weighted by molar-refractivity contribution is -0.137. The summed E-state index contributed by atoms with van der Waals surface area (Å²) in [6.07, 6.45) is -0.628. The van der Waals surface area contributed by atoms with Crippen LogP contribution in [0.3, 0.4) is 0 Å². The second kappa shape index (κ2) is 12.3. The van der Waals surface area contributed by atoms with Gasteiger partial charge in [0.25, 0.3) is 0 Å². The number of carboxylic acids is 1. The maximum Gasteiger partial charge on any atom is 0.304 e. The molecule has 2 aromatic carbocycles. The minimum Gasteiger partial charge on any atom is -0.504 e. The van der Waals surface area contributed by atoms with Crippen LogP contribution in [0.5, 0.6) is 11.5 Å². The maximum atomic E-state index is 10.5. The second-order valence-corrected chi connectivity index (χ2v) is 7.35. The lowest BCUT2D eigenvalue weighted by Crippen LogP contribution is -2.27. The molecule has 7 N–H and O–H groups in total. The first-order valence-corrected chi connectivity index (χ1v) is 9.62. The Bertz CT molecular complexity index is 768. The summed E-state index contributed by atoms with van der Waals surface area (Å²) in [6, 6.07) is 11.7. The molecule has 0 spiro atoms. The third kappa shape index (κ3) is 9.15. The summed E-state index contributed by atoms with van der Waals surface area (Å²) < 4.78 is 0. The Balaban J connectivity index is 0.000000291. The van der Waals surface area contributed by atoms with Crippen LogP contribution in [0.4, 0.5) is 0 Å². The fraction of sp³-hybridized carbons (Fsp3) is 0.381. The Morgan fingerprint density at radius 2 is 1.66 bits per heavy atom. The predicted molar refractivity (Wildman–Crippen MR) is 113 cm³/mol. The summed E-state index contributed by atoms with van der Waals surface area (Å²) in [7, 11) is 0. The number of aliphatic carboxylic acids is 1. The number of hydrogen-bond donors (Lipinski definition) is 6. The zero-order valence-corrected chi connectivity index (χ0v) is 17.3. The van der Waals surface area contributed by atoms with Gasteiger partial charge in [-0.2, -0.15) is 0 Å². The minimum atomic E-state index is -0.838. The lowest BCUT2D eigenvalue weighted by Gasteiger charge is -2.14. The molecular formula is C21H29ClN2O5. The number of aliphatic hydroxyl groups excluding tert-OH is 1. The number of nitrogens with one attached hydrogen (secondary N) is 1. The minimum absolute atomic E-state index is 0.0537. The van der Waals surface area contributed by atoms with Crippen LogP contribution in [0.2, 0.25) is 5.02 Å². The fourth-order valence-corrected chi connectivity index (χ4v) is 2.62. The van der Waals surface area contributed by atoms with E-state index < -0.39 is 12.1 Å². The number of aliphatic hydroxyl groups is 1. The van der Waals surface area contributed by atoms with Crippen molar-refractivity contribution in [1.29, 1.82) is 0 Å². The van der Waals surface area contributed by atoms with Gasteiger partial charge in [-0.05, 0) is 41.9 Å². The SMILES string of the molecule is CC(C)NCC(O)c1ccc(O)c(O)c1.NCC(CC(=O)O)c1ccc(Cl)cc1. The molecule has 0 radical (unpaired) electrons. The third-order valence-electron chi connectivity index (χ3n) is 4.15. The molecule has 2 rings (SSSR count). The van der Waals surface area contributed by atoms with E-state index in [4.69, 9.17) is 27.5 Å². The van der Waals surface area contributed by atoms with E-state index in [-0.39, 0.29) is 23.8 Å². The highest BCUT2D eigenvalue weighted by molar-refractivity contribution is 6.30. The molecule has 2 unspecified atom stereocenters. The highest BCUT2D eigenvalue weighted by Crippen LogP contribution is 2.27. The second-order valence-electron chi connectivity index (χ2n) is 6.91. The van der Waals surface area contributed by atoms with Gasteiger partial charge < -0.3 is 31.5 Å². The summed E-state index contributed by atoms with van der Waals surface area (Å²) in [5, 5.41) is 40.4. The predicted octanol–water partition coefficient (Wildman–Crippen LogP) is 2.99. The standard InChI is InChI=1S/C11H17NO3.C10H12ClNO2/c1-7(2)12-6-11(15)8-3-4-9(13)10(14)5-8;11-9-3-1-7(2-4-9)8(6-12)5-10(13)14/h3-5,7,11-15H,6H2,1-2H3;1-4,8H,5-6,12H2,(H,13,14). The lowest BCUT2D eigenvalue weighted by atomic mass is 9.96. The Kier molecular flexibility index (Phi) is 10.5. The van der Waals surface area contributed by atoms with Crippen molar-refractivity contribution in [2.45, 2.75) is 38.3 Å². The highest BCUT2D eigenvalue weighted by Gasteiger charge is 2.13. The van der Waals surface area contributed by atoms with Gasteiger partial charge in [0.05, 0.1) is 12.5 Å². The molecule has 8 heteroatoms. The summed E-state index contributed by atoms with van der Waals surface area (Å²) in [4.78, 5) is 10.5. The molecule has 0 aliphatic carbocycles. The van der Waals surface area contributed by atoms with Crippen LogP contribution < -0.4 is 11.1 Å². The molecule has 2 aromatic rings. The van der Waals surface area contributed by atoms with Gasteiger partial charge in [-0.1, -0.05) is 43.6 Å². The van der Waals surface area contributed by atoms with Crippen LogP contribution in [0.1, 0.15) is 43.4 Å². The zero-order chi connectivity index (χ0) is 22.0. The number of nitrogens with two attached hydrogens (primary N) is 1. The smallest absolute Gasteiger partial charge is 0.304 e. The molecule has 29 heavy (non-hydrogen) atoms. The number of carbonyl (C=O) groups is 1. The Morgan fingerprint density at radius 3 is 2.14 bits per heavy atom. The van der Waals surface area contributed by atoms with E-state index in [9.17, 15) is 15.0 Å². The summed E-state index contributed by atoms with van der Waals surface area (Å²) in [6.45, 7) is 4.72. The number of benzene rings is 2. The van der Waals surface area contributed by atoms with Crippen molar-refractivity contribution in [3.63, 3.8) is 0 Å². The molecule has 0 amide bonds. The Morgan fingerprint density at radius 1 is 1.07 bits per heavy atom. The van der Waals surface area contributed by atoms with Gasteiger partial charge in [-0.3, -0.25) is 4.79 Å². The largest absolute Gasteiger partial charge is 0.504 e. The maximum absolute atomic E-state index is 10.5. The van der Waals surface area contributed by atoms with Crippen molar-refractivity contribution in [2.75, 3.05) is 13.1 Å². The van der Waals surface area contributed by atoms with Gasteiger partial charge in [0, 0.05) is 23.5 Å². The first kappa shape index (κ1) is 24.7. The van der Waals surface area contributed by atoms with Crippen molar-refractivity contribution >= 4 is 17.6 Å². The summed E-state index contributed by atoms with van der Waals surface area (Å²) >= 11 is 5.72. The van der Waals surface area contributed by atoms with Crippen LogP contribution in [-0.4, -0.2) is 45.5 Å². The average molecular weight is 425 g/mol. The molecule has 0 bridgehead atoms. The quantitative estimate of drug-likeness (QED) is 0.358. The summed E-state index contributed by atoms with van der Waals surface area (Å²) in [5.74, 6) is -1.36. The molecule has 7 nitrogen and oxygen atoms in total. The Labute approximate surface area is 175 Å². The van der Waals surface area contributed by atoms with Crippen molar-refractivity contribution < 1.29 is 25.2 Å². The van der Waals surface area contributed by atoms with Gasteiger partial charge >= 0.3 is 5.97 Å². The van der Waals surface area contributed by atoms with E-state index in [0.717, 1.165) is 5.56 Å². The van der Waals surface area contributed by atoms with Crippen molar-refractivity contribution in [2.24, 2.45) is 5.73 Å². The van der Waals surface area contributed by atoms with Gasteiger partial charge in [-0.25, -0.2) is 0 Å². The number of hydrogen-bond acceptors (Lipinski definition) is 6. The van der Waals surface area contributed by atoms with Crippen molar-refractivity contribution in [3.8, 4) is 11.5 Å². The molecule has 0 saturated carbocycles. The van der Waals surface area contributed by atoms with Crippen LogP contribution in [-0.2, 0) is 4.79 Å². The number of aromatic hydroxyl groups is 2. The van der Waals surface area contributed by atoms with E-state index in [1.165, 1.54) is 12.1 Å². The van der Waals surface area contributed by atoms with E-state index in [0.29, 0.717) is 29.7 Å². The van der Waals surface area contributed by atoms with Crippen LogP contribution in [0, 0.1) is 0 Å². The molecule has 0 aromatic heterocycles. The highest BCUT2D eigenvalue weighted by atomic mass is 35.5. The van der Waals surface area contributed by atoms with Crippen molar-refractivity contribution in [3.05, 3.63) is 58.6 Å². The van der Waals surface area contributed by atoms with Crippen LogP contribution in [0.25, 0.3) is 0 Å². The number of phenolic OH excluding ortho intramolecular Hbond substituents is 2. The van der Waals surface area contributed by atoms with E-state index in [1.807, 2.05) is 26.0 Å². The molecule has 0 fully saturated rings. The average Bonchev–Trinajstić information content (AvgIpc) is 2.67. The number of carboxylic acid groups (broad SMARTS) is 1. The third-order valence-corrected chi connectivity index (χ3v) is 4.40. The topological polar surface area (TPSA) is 136 Å². The Hall–Kier alpha value is -2.32. The number of phenols is 2. The van der Waals surface area contributed by atoms with Gasteiger partial charge in [0.1, 0.15) is 0 Å². The van der Waals surface area contributed by atoms with Crippen molar-refractivity contribution in [1.82, 2.24) is 5.32 Å². The van der Waals surface area contributed by atoms with E-state index in [1.54, 1.807) is 18.2 Å². The molecular weight excluding hydrogens is 396 g/mol. The first-order chi connectivity index (χ1) is 13.6. The number of rotatable bonds is 8. The zero-order valence-electron chi connectivity index (χ0n) is 16.5. The molecule has 0 aliphatic rings. The van der Waals surface area contributed by atoms with Crippen LogP contribution >= 0.6 is 11.6 Å². The molecule has 0 heterocycles. The van der Waals surface area contributed by atoms with E-state index in [2.05, 4.69) is 5.32 Å². The molecule has 2 atom stereocenters. The monoisotopic (exact) mass is 424 g/mol. The fourth-order valence-electron chi connectivity index (χ4n) is 2.50. The van der Waals surface area contributed by atoms with Gasteiger partial charge in [0.2, 0.25) is 0 Å². The molecule has 0 aliphatic heterocycles. The van der Waals surface area contributed by atoms with Gasteiger partial charge in [0.15, 0.2) is 11.5 Å². The molecule has 160 valence electrons. The van der Waals surface area contributed by atoms with Crippen LogP contribution in [0.15, 0.2) is 42.5 Å². The number of halogens is 1.